The van der Waals surface area contributed by atoms with E-state index in [9.17, 15) is 29.4 Å². The first kappa shape index (κ1) is 37.4. The van der Waals surface area contributed by atoms with Crippen LogP contribution in [0.1, 0.15) is 103 Å². The molecule has 0 aromatic carbocycles. The molecule has 0 aliphatic carbocycles. The Kier molecular flexibility index (Phi) is 25.5. The largest absolute Gasteiger partial charge is 0.393 e. The van der Waals surface area contributed by atoms with Gasteiger partial charge in [-0.05, 0) is 12.8 Å². The molecule has 0 saturated heterocycles. The highest BCUT2D eigenvalue weighted by atomic mass is 16.6. The van der Waals surface area contributed by atoms with E-state index in [4.69, 9.17) is 21.0 Å². The maximum absolute atomic E-state index is 12.3. The lowest BCUT2D eigenvalue weighted by molar-refractivity contribution is -0.167. The Balaban J connectivity index is 0. The van der Waals surface area contributed by atoms with E-state index in [1.54, 1.807) is 0 Å². The molecule has 0 spiro atoms. The number of carbonyl (C=O) groups excluding carboxylic acids is 4. The first-order chi connectivity index (χ1) is 18.3. The summed E-state index contributed by atoms with van der Waals surface area (Å²) in [6, 6.07) is 0. The number of hydrogen-bond acceptors (Lipinski definition) is 12. The average molecular weight is 545 g/mol. The summed E-state index contributed by atoms with van der Waals surface area (Å²) in [5, 5.41) is 48.0. The Bertz CT molecular complexity index is 724. The number of carbonyl (C=O) groups is 4. The second kappa shape index (κ2) is 25.9. The molecular weight excluding hydrogens is 500 g/mol. The molecule has 0 fully saturated rings. The van der Waals surface area contributed by atoms with Gasteiger partial charge in [0.1, 0.15) is 0 Å². The van der Waals surface area contributed by atoms with Crippen LogP contribution >= 0.6 is 0 Å². The van der Waals surface area contributed by atoms with Gasteiger partial charge in [0.25, 0.3) is 0 Å². The summed E-state index contributed by atoms with van der Waals surface area (Å²) in [7, 11) is 0. The predicted molar refractivity (Wildman–Crippen MR) is 135 cm³/mol. The molecule has 38 heavy (non-hydrogen) atoms. The maximum atomic E-state index is 12.3. The van der Waals surface area contributed by atoms with Crippen molar-refractivity contribution in [2.24, 2.45) is 0 Å². The standard InChI is InChI=1S/C26H44O10.N2/c1-2-3-4-5-6-7-8-9-10-11-12-13-14-15-16-20(24(32)36-26(34)22(30)19-28)17-23(31)35-25(33)21(29)18-27;1-2/h17,21-22,27-30H,2-16,18-19H2,1H3;/b20-17-;. The van der Waals surface area contributed by atoms with Gasteiger partial charge in [0.2, 0.25) is 0 Å². The Morgan fingerprint density at radius 1 is 0.658 bits per heavy atom. The van der Waals surface area contributed by atoms with Crippen molar-refractivity contribution in [1.29, 1.82) is 10.8 Å². The van der Waals surface area contributed by atoms with Crippen LogP contribution in [-0.4, -0.2) is 69.7 Å². The van der Waals surface area contributed by atoms with Gasteiger partial charge in [-0.1, -0.05) is 90.4 Å². The molecule has 0 amide bonds. The smallest absolute Gasteiger partial charge is 0.345 e. The Morgan fingerprint density at radius 2 is 1.03 bits per heavy atom. The van der Waals surface area contributed by atoms with Crippen molar-refractivity contribution in [1.82, 2.24) is 0 Å². The monoisotopic (exact) mass is 544 g/mol. The maximum Gasteiger partial charge on any atom is 0.345 e. The van der Waals surface area contributed by atoms with Crippen molar-refractivity contribution < 1.29 is 49.1 Å². The van der Waals surface area contributed by atoms with Gasteiger partial charge < -0.3 is 29.9 Å². The summed E-state index contributed by atoms with van der Waals surface area (Å²) in [6.45, 7) is 0.324. The number of unbranched alkanes of at least 4 members (excludes halogenated alkanes) is 13. The van der Waals surface area contributed by atoms with Gasteiger partial charge in [0.15, 0.2) is 12.2 Å². The molecule has 12 nitrogen and oxygen atoms in total. The summed E-state index contributed by atoms with van der Waals surface area (Å²) < 4.78 is 8.81. The van der Waals surface area contributed by atoms with Crippen LogP contribution in [0.25, 0.3) is 0 Å². The highest BCUT2D eigenvalue weighted by Crippen LogP contribution is 2.16. The SMILES string of the molecule is CCCCCCCCCCCCCCCC/C(=C/C(=O)OC(=O)C(O)CO)C(=O)OC(=O)C(O)CO.N#N. The second-order valence-electron chi connectivity index (χ2n) is 8.86. The number of hydrogen-bond donors (Lipinski definition) is 4. The topological polar surface area (TPSA) is 215 Å². The lowest BCUT2D eigenvalue weighted by atomic mass is 10.0. The van der Waals surface area contributed by atoms with Crippen LogP contribution < -0.4 is 0 Å². The molecule has 218 valence electrons. The fourth-order valence-corrected chi connectivity index (χ4v) is 3.46. The summed E-state index contributed by atoms with van der Waals surface area (Å²) in [6.07, 6.45) is 12.7. The molecule has 0 aliphatic rings. The van der Waals surface area contributed by atoms with Crippen molar-refractivity contribution in [3.05, 3.63) is 11.6 Å². The van der Waals surface area contributed by atoms with Crippen LogP contribution in [0.2, 0.25) is 0 Å². The van der Waals surface area contributed by atoms with Crippen molar-refractivity contribution in [3.8, 4) is 0 Å². The molecule has 0 aromatic rings. The quantitative estimate of drug-likeness (QED) is 0.0539. The molecule has 2 atom stereocenters. The molecule has 12 heteroatoms. The number of nitrogens with zero attached hydrogens (tertiary/aromatic N) is 2. The first-order valence-corrected chi connectivity index (χ1v) is 13.3. The van der Waals surface area contributed by atoms with E-state index < -0.39 is 49.3 Å². The van der Waals surface area contributed by atoms with E-state index in [1.807, 2.05) is 0 Å². The van der Waals surface area contributed by atoms with Crippen LogP contribution in [0, 0.1) is 10.8 Å². The lowest BCUT2D eigenvalue weighted by Crippen LogP contribution is -2.30. The van der Waals surface area contributed by atoms with Gasteiger partial charge >= 0.3 is 23.9 Å². The number of esters is 4. The third-order valence-corrected chi connectivity index (χ3v) is 5.64. The van der Waals surface area contributed by atoms with Crippen molar-refractivity contribution in [2.45, 2.75) is 115 Å². The van der Waals surface area contributed by atoms with Crippen molar-refractivity contribution in [3.63, 3.8) is 0 Å². The lowest BCUT2D eigenvalue weighted by Gasteiger charge is -2.10. The van der Waals surface area contributed by atoms with Gasteiger partial charge in [0, 0.05) is 22.4 Å². The minimum Gasteiger partial charge on any atom is -0.393 e. The number of ether oxygens (including phenoxy) is 2. The van der Waals surface area contributed by atoms with Crippen molar-refractivity contribution in [2.75, 3.05) is 13.2 Å². The van der Waals surface area contributed by atoms with Gasteiger partial charge in [-0.15, -0.1) is 0 Å². The predicted octanol–water partition coefficient (Wildman–Crippen LogP) is 2.66. The third kappa shape index (κ3) is 20.4. The molecule has 0 heterocycles. The van der Waals surface area contributed by atoms with E-state index in [-0.39, 0.29) is 12.0 Å². The minimum atomic E-state index is -1.91. The third-order valence-electron chi connectivity index (χ3n) is 5.64. The van der Waals surface area contributed by atoms with Crippen LogP contribution in [-0.2, 0) is 28.7 Å². The Morgan fingerprint density at radius 3 is 1.42 bits per heavy atom. The molecule has 4 N–H and O–H groups in total. The minimum absolute atomic E-state index is 0.0468. The summed E-state index contributed by atoms with van der Waals surface area (Å²) in [4.78, 5) is 47.2. The van der Waals surface area contributed by atoms with E-state index in [0.29, 0.717) is 12.5 Å². The normalized spacial score (nSPS) is 12.6. The highest BCUT2D eigenvalue weighted by Gasteiger charge is 2.24. The Hall–Kier alpha value is -2.72. The highest BCUT2D eigenvalue weighted by molar-refractivity contribution is 6.03. The van der Waals surface area contributed by atoms with E-state index in [1.165, 1.54) is 57.8 Å². The summed E-state index contributed by atoms with van der Waals surface area (Å²) >= 11 is 0. The fourth-order valence-electron chi connectivity index (χ4n) is 3.46. The van der Waals surface area contributed by atoms with Gasteiger partial charge in [0.05, 0.1) is 13.2 Å². The molecule has 0 saturated carbocycles. The molecule has 0 radical (unpaired) electrons. The van der Waals surface area contributed by atoms with Crippen LogP contribution in [0.4, 0.5) is 0 Å². The zero-order valence-electron chi connectivity index (χ0n) is 22.4. The Labute approximate surface area is 224 Å². The van der Waals surface area contributed by atoms with E-state index in [2.05, 4.69) is 16.4 Å². The average Bonchev–Trinajstić information content (AvgIpc) is 2.92. The van der Waals surface area contributed by atoms with Crippen LogP contribution in [0.5, 0.6) is 0 Å². The second-order valence-corrected chi connectivity index (χ2v) is 8.86. The van der Waals surface area contributed by atoms with Crippen LogP contribution in [0.15, 0.2) is 11.6 Å². The zero-order chi connectivity index (χ0) is 29.2. The fraction of sp³-hybridized carbons (Fsp3) is 0.769. The molecule has 0 rings (SSSR count). The van der Waals surface area contributed by atoms with Gasteiger partial charge in [-0.25, -0.2) is 19.2 Å². The first-order valence-electron chi connectivity index (χ1n) is 13.3. The van der Waals surface area contributed by atoms with E-state index >= 15 is 0 Å². The number of rotatable bonds is 21. The zero-order valence-corrected chi connectivity index (χ0v) is 22.4. The molecule has 0 aliphatic heterocycles. The summed E-state index contributed by atoms with van der Waals surface area (Å²) in [5.74, 6) is -5.27. The molecule has 0 bridgehead atoms. The number of aliphatic hydroxyl groups excluding tert-OH is 4. The molecule has 0 aromatic heterocycles. The number of aliphatic hydroxyl groups is 4. The van der Waals surface area contributed by atoms with Gasteiger partial charge in [-0.3, -0.25) is 0 Å². The molecular formula is C26H44N2O10. The van der Waals surface area contributed by atoms with Crippen LogP contribution in [0.3, 0.4) is 0 Å². The van der Waals surface area contributed by atoms with Gasteiger partial charge in [-0.2, -0.15) is 0 Å². The van der Waals surface area contributed by atoms with E-state index in [0.717, 1.165) is 25.7 Å². The molecule has 2 unspecified atom stereocenters. The summed E-state index contributed by atoms with van der Waals surface area (Å²) in [5.41, 5.74) is -0.260. The van der Waals surface area contributed by atoms with Crippen molar-refractivity contribution >= 4 is 23.9 Å².